The first kappa shape index (κ1) is 28.8. The van der Waals surface area contributed by atoms with E-state index in [-0.39, 0.29) is 5.56 Å². The Kier molecular flexibility index (Phi) is 13.7. The van der Waals surface area contributed by atoms with E-state index in [0.717, 1.165) is 29.6 Å². The van der Waals surface area contributed by atoms with E-state index in [1.54, 1.807) is 7.05 Å². The number of rotatable bonds is 18. The number of imidazole rings is 1. The summed E-state index contributed by atoms with van der Waals surface area (Å²) in [5.41, 5.74) is 0.109. The summed E-state index contributed by atoms with van der Waals surface area (Å²) >= 11 is 7.49. The van der Waals surface area contributed by atoms with Gasteiger partial charge in [-0.05, 0) is 13.3 Å². The topological polar surface area (TPSA) is 72.7 Å². The fourth-order valence-corrected chi connectivity index (χ4v) is 5.37. The van der Waals surface area contributed by atoms with Crippen LogP contribution >= 0.6 is 23.4 Å². The fraction of sp³-hybridized carbons (Fsp3) is 0.731. The van der Waals surface area contributed by atoms with Gasteiger partial charge in [-0.3, -0.25) is 14.3 Å². The third-order valence-corrected chi connectivity index (χ3v) is 7.34. The second-order valence-electron chi connectivity index (χ2n) is 9.23. The van der Waals surface area contributed by atoms with Crippen LogP contribution in [0.15, 0.2) is 25.9 Å². The highest BCUT2D eigenvalue weighted by atomic mass is 35.5. The second-order valence-corrected chi connectivity index (χ2v) is 10.8. The van der Waals surface area contributed by atoms with Gasteiger partial charge in [0, 0.05) is 24.4 Å². The van der Waals surface area contributed by atoms with Gasteiger partial charge in [0.05, 0.1) is 0 Å². The van der Waals surface area contributed by atoms with Gasteiger partial charge in [-0.1, -0.05) is 120 Å². The van der Waals surface area contributed by atoms with Crippen molar-refractivity contribution in [2.75, 3.05) is 5.75 Å². The maximum atomic E-state index is 12.5. The predicted molar refractivity (Wildman–Crippen MR) is 146 cm³/mol. The molecule has 0 radical (unpaired) electrons. The Bertz CT molecular complexity index is 1000. The standard InChI is InChI=1S/C26H43ClN4O2S/c1-4-5-6-7-8-9-10-11-12-13-14-15-16-17-19-31-22-23(30(3)25(33)29-24(22)32)28-26(31)34-20-18-21(2)27/h18H,4-17,19-20H2,1-3H3,(H,29,32,33)/b21-18-. The lowest BCUT2D eigenvalue weighted by Gasteiger charge is -2.08. The van der Waals surface area contributed by atoms with Gasteiger partial charge < -0.3 is 4.57 Å². The van der Waals surface area contributed by atoms with E-state index >= 15 is 0 Å². The van der Waals surface area contributed by atoms with Crippen molar-refractivity contribution >= 4 is 34.5 Å². The van der Waals surface area contributed by atoms with Gasteiger partial charge in [-0.25, -0.2) is 9.78 Å². The Balaban J connectivity index is 1.77. The van der Waals surface area contributed by atoms with Gasteiger partial charge in [-0.15, -0.1) is 0 Å². The molecule has 0 aliphatic carbocycles. The molecule has 2 aromatic heterocycles. The predicted octanol–water partition coefficient (Wildman–Crippen LogP) is 7.14. The lowest BCUT2D eigenvalue weighted by Crippen LogP contribution is -2.29. The van der Waals surface area contributed by atoms with Crippen molar-refractivity contribution in [3.63, 3.8) is 0 Å². The van der Waals surface area contributed by atoms with Crippen molar-refractivity contribution in [3.05, 3.63) is 31.9 Å². The summed E-state index contributed by atoms with van der Waals surface area (Å²) in [4.78, 5) is 31.6. The molecule has 8 heteroatoms. The highest BCUT2D eigenvalue weighted by Crippen LogP contribution is 2.23. The van der Waals surface area contributed by atoms with Gasteiger partial charge in [0.1, 0.15) is 0 Å². The molecule has 0 saturated heterocycles. The zero-order valence-electron chi connectivity index (χ0n) is 21.3. The van der Waals surface area contributed by atoms with E-state index in [2.05, 4.69) is 16.9 Å². The zero-order valence-corrected chi connectivity index (χ0v) is 22.9. The van der Waals surface area contributed by atoms with Crippen molar-refractivity contribution in [1.29, 1.82) is 0 Å². The fourth-order valence-electron chi connectivity index (χ4n) is 4.23. The monoisotopic (exact) mass is 510 g/mol. The van der Waals surface area contributed by atoms with Crippen LogP contribution in [0.4, 0.5) is 0 Å². The molecule has 0 aliphatic rings. The third-order valence-electron chi connectivity index (χ3n) is 6.28. The molecule has 0 aliphatic heterocycles. The largest absolute Gasteiger partial charge is 0.329 e. The van der Waals surface area contributed by atoms with Gasteiger partial charge in [-0.2, -0.15) is 0 Å². The van der Waals surface area contributed by atoms with Crippen LogP contribution in [0.25, 0.3) is 11.2 Å². The number of unbranched alkanes of at least 4 members (excludes halogenated alkanes) is 13. The van der Waals surface area contributed by atoms with E-state index in [1.807, 2.05) is 17.6 Å². The maximum absolute atomic E-state index is 12.5. The molecular weight excluding hydrogens is 468 g/mol. The first-order valence-electron chi connectivity index (χ1n) is 13.1. The van der Waals surface area contributed by atoms with Gasteiger partial charge in [0.15, 0.2) is 16.3 Å². The molecule has 0 amide bonds. The second kappa shape index (κ2) is 16.2. The van der Waals surface area contributed by atoms with Crippen LogP contribution in [-0.4, -0.2) is 24.9 Å². The van der Waals surface area contributed by atoms with Crippen molar-refractivity contribution in [3.8, 4) is 0 Å². The molecule has 0 aromatic carbocycles. The summed E-state index contributed by atoms with van der Waals surface area (Å²) in [6, 6.07) is 0. The van der Waals surface area contributed by atoms with Gasteiger partial charge >= 0.3 is 5.69 Å². The van der Waals surface area contributed by atoms with Gasteiger partial charge in [0.25, 0.3) is 5.56 Å². The summed E-state index contributed by atoms with van der Waals surface area (Å²) in [5, 5.41) is 1.48. The minimum Gasteiger partial charge on any atom is -0.313 e. The molecule has 34 heavy (non-hydrogen) atoms. The van der Waals surface area contributed by atoms with Crippen LogP contribution in [0.3, 0.4) is 0 Å². The number of aromatic nitrogens is 4. The quantitative estimate of drug-likeness (QED) is 0.171. The number of hydrogen-bond donors (Lipinski definition) is 1. The Morgan fingerprint density at radius 2 is 1.47 bits per heavy atom. The molecule has 0 fully saturated rings. The normalized spacial score (nSPS) is 12.2. The van der Waals surface area contributed by atoms with E-state index in [1.165, 1.54) is 93.4 Å². The van der Waals surface area contributed by atoms with Gasteiger partial charge in [0.2, 0.25) is 0 Å². The highest BCUT2D eigenvalue weighted by Gasteiger charge is 2.17. The van der Waals surface area contributed by atoms with Crippen LogP contribution in [-0.2, 0) is 13.6 Å². The number of H-pyrrole nitrogens is 1. The maximum Gasteiger partial charge on any atom is 0.329 e. The van der Waals surface area contributed by atoms with Crippen LogP contribution in [0.2, 0.25) is 0 Å². The third kappa shape index (κ3) is 9.65. The molecule has 2 rings (SSSR count). The first-order chi connectivity index (χ1) is 16.5. The number of aryl methyl sites for hydroxylation is 2. The SMILES string of the molecule is CCCCCCCCCCCCCCCCn1c(SC/C=C(/C)Cl)nc2c1c(=O)[nH]c(=O)n2C. The summed E-state index contributed by atoms with van der Waals surface area (Å²) in [6.45, 7) is 4.83. The molecule has 0 bridgehead atoms. The molecule has 192 valence electrons. The van der Waals surface area contributed by atoms with Crippen LogP contribution in [0.1, 0.15) is 104 Å². The van der Waals surface area contributed by atoms with Crippen molar-refractivity contribution in [2.45, 2.75) is 115 Å². The minimum atomic E-state index is -0.438. The van der Waals surface area contributed by atoms with Crippen LogP contribution in [0, 0.1) is 0 Å². The van der Waals surface area contributed by atoms with Crippen molar-refractivity contribution < 1.29 is 0 Å². The van der Waals surface area contributed by atoms with E-state index in [9.17, 15) is 9.59 Å². The number of fused-ring (bicyclic) bond motifs is 1. The first-order valence-corrected chi connectivity index (χ1v) is 14.5. The summed E-state index contributed by atoms with van der Waals surface area (Å²) < 4.78 is 3.38. The molecule has 0 spiro atoms. The zero-order chi connectivity index (χ0) is 24.8. The lowest BCUT2D eigenvalue weighted by atomic mass is 10.0. The Morgan fingerprint density at radius 3 is 2.00 bits per heavy atom. The molecule has 0 saturated carbocycles. The molecule has 0 atom stereocenters. The molecule has 6 nitrogen and oxygen atoms in total. The van der Waals surface area contributed by atoms with Crippen molar-refractivity contribution in [2.24, 2.45) is 7.05 Å². The lowest BCUT2D eigenvalue weighted by molar-refractivity contribution is 0.519. The average Bonchev–Trinajstić information content (AvgIpc) is 3.16. The summed E-state index contributed by atoms with van der Waals surface area (Å²) in [5.74, 6) is 0.670. The Labute approximate surface area is 213 Å². The molecule has 0 unspecified atom stereocenters. The van der Waals surface area contributed by atoms with E-state index in [0.29, 0.717) is 16.9 Å². The number of halogens is 1. The van der Waals surface area contributed by atoms with Crippen LogP contribution in [0.5, 0.6) is 0 Å². The Morgan fingerprint density at radius 1 is 0.941 bits per heavy atom. The number of nitrogens with one attached hydrogen (secondary N) is 1. The van der Waals surface area contributed by atoms with E-state index < -0.39 is 5.69 Å². The number of aromatic amines is 1. The highest BCUT2D eigenvalue weighted by molar-refractivity contribution is 7.99. The molecule has 2 aromatic rings. The smallest absolute Gasteiger partial charge is 0.313 e. The minimum absolute atomic E-state index is 0.369. The molecule has 2 heterocycles. The number of hydrogen-bond acceptors (Lipinski definition) is 4. The Hall–Kier alpha value is -1.47. The molecule has 1 N–H and O–H groups in total. The summed E-state index contributed by atoms with van der Waals surface area (Å²) in [6.07, 6.45) is 20.3. The number of thioether (sulfide) groups is 1. The van der Waals surface area contributed by atoms with E-state index in [4.69, 9.17) is 11.6 Å². The average molecular weight is 511 g/mol. The number of allylic oxidation sites excluding steroid dienone is 1. The summed E-state index contributed by atoms with van der Waals surface area (Å²) in [7, 11) is 1.64. The molecular formula is C26H43ClN4O2S. The van der Waals surface area contributed by atoms with Crippen LogP contribution < -0.4 is 11.2 Å². The number of nitrogens with zero attached hydrogens (tertiary/aromatic N) is 3. The van der Waals surface area contributed by atoms with Crippen molar-refractivity contribution in [1.82, 2.24) is 19.1 Å².